The van der Waals surface area contributed by atoms with Crippen molar-refractivity contribution in [2.24, 2.45) is 4.99 Å². The fraction of sp³-hybridized carbons (Fsp3) is 0.0435. The standard InChI is InChI=1S/C23H14Br2INO3/c24-17-7-3-1-6-16(17)13-29-21-8-4-2-5-14(21)12-20-23(28)30-22(27-20)15-9-10-19(26)18(25)11-15/h1-12H,13H2/b20-12-. The average molecular weight is 639 g/mol. The van der Waals surface area contributed by atoms with Crippen molar-refractivity contribution in [2.75, 3.05) is 0 Å². The molecule has 0 bridgehead atoms. The number of carbonyl (C=O) groups excluding carboxylic acids is 1. The van der Waals surface area contributed by atoms with E-state index in [0.29, 0.717) is 12.4 Å². The smallest absolute Gasteiger partial charge is 0.363 e. The SMILES string of the molecule is O=C1OC(c2ccc(I)c(Br)c2)=N/C1=C\c1ccccc1OCc1ccccc1Br. The Labute approximate surface area is 204 Å². The van der Waals surface area contributed by atoms with E-state index < -0.39 is 5.97 Å². The first kappa shape index (κ1) is 21.3. The Bertz CT molecular complexity index is 1190. The van der Waals surface area contributed by atoms with Crippen LogP contribution in [-0.2, 0) is 16.1 Å². The van der Waals surface area contributed by atoms with E-state index in [1.807, 2.05) is 66.7 Å². The van der Waals surface area contributed by atoms with Gasteiger partial charge in [0.05, 0.1) is 0 Å². The van der Waals surface area contributed by atoms with Crippen LogP contribution in [0.2, 0.25) is 0 Å². The molecule has 4 rings (SSSR count). The molecule has 1 aliphatic heterocycles. The van der Waals surface area contributed by atoms with E-state index in [4.69, 9.17) is 9.47 Å². The fourth-order valence-electron chi connectivity index (χ4n) is 2.81. The zero-order valence-corrected chi connectivity index (χ0v) is 20.8. The molecule has 3 aromatic rings. The molecule has 0 unspecified atom stereocenters. The molecule has 150 valence electrons. The van der Waals surface area contributed by atoms with Gasteiger partial charge < -0.3 is 9.47 Å². The third-order valence-corrected chi connectivity index (χ3v) is 7.45. The van der Waals surface area contributed by atoms with Crippen LogP contribution in [0.15, 0.2) is 86.4 Å². The minimum absolute atomic E-state index is 0.233. The highest BCUT2D eigenvalue weighted by Gasteiger charge is 2.25. The fourth-order valence-corrected chi connectivity index (χ4v) is 3.92. The Kier molecular flexibility index (Phi) is 6.70. The van der Waals surface area contributed by atoms with Crippen LogP contribution < -0.4 is 4.74 Å². The second-order valence-corrected chi connectivity index (χ2v) is 9.25. The molecular formula is C23H14Br2INO3. The number of halogens is 3. The number of carbonyl (C=O) groups is 1. The van der Waals surface area contributed by atoms with Gasteiger partial charge in [-0.05, 0) is 74.9 Å². The van der Waals surface area contributed by atoms with E-state index in [9.17, 15) is 4.79 Å². The van der Waals surface area contributed by atoms with Gasteiger partial charge in [0.15, 0.2) is 5.70 Å². The van der Waals surface area contributed by atoms with Crippen molar-refractivity contribution < 1.29 is 14.3 Å². The number of nitrogens with zero attached hydrogens (tertiary/aromatic N) is 1. The number of cyclic esters (lactones) is 1. The Morgan fingerprint density at radius 1 is 1.00 bits per heavy atom. The van der Waals surface area contributed by atoms with E-state index >= 15 is 0 Å². The summed E-state index contributed by atoms with van der Waals surface area (Å²) < 4.78 is 14.4. The molecule has 0 amide bonds. The molecule has 0 spiro atoms. The molecule has 1 heterocycles. The second-order valence-electron chi connectivity index (χ2n) is 6.38. The maximum absolute atomic E-state index is 12.4. The van der Waals surface area contributed by atoms with Crippen LogP contribution in [-0.4, -0.2) is 11.9 Å². The number of hydrogen-bond acceptors (Lipinski definition) is 4. The molecule has 0 aromatic heterocycles. The van der Waals surface area contributed by atoms with Crippen LogP contribution in [0.4, 0.5) is 0 Å². The number of benzene rings is 3. The predicted molar refractivity (Wildman–Crippen MR) is 132 cm³/mol. The number of hydrogen-bond donors (Lipinski definition) is 0. The number of esters is 1. The van der Waals surface area contributed by atoms with Crippen molar-refractivity contribution in [3.8, 4) is 5.75 Å². The summed E-state index contributed by atoms with van der Waals surface area (Å²) in [6, 6.07) is 21.1. The van der Waals surface area contributed by atoms with Gasteiger partial charge in [0.25, 0.3) is 0 Å². The van der Waals surface area contributed by atoms with E-state index in [0.717, 1.165) is 29.2 Å². The van der Waals surface area contributed by atoms with Crippen molar-refractivity contribution in [2.45, 2.75) is 6.61 Å². The lowest BCUT2D eigenvalue weighted by molar-refractivity contribution is -0.129. The molecule has 3 aromatic carbocycles. The monoisotopic (exact) mass is 637 g/mol. The number of para-hydroxylation sites is 1. The highest BCUT2D eigenvalue weighted by Crippen LogP contribution is 2.27. The summed E-state index contributed by atoms with van der Waals surface area (Å²) in [5.74, 6) is 0.462. The summed E-state index contributed by atoms with van der Waals surface area (Å²) in [5, 5.41) is 0. The third-order valence-electron chi connectivity index (χ3n) is 4.34. The van der Waals surface area contributed by atoms with E-state index in [1.165, 1.54) is 0 Å². The lowest BCUT2D eigenvalue weighted by atomic mass is 10.1. The molecule has 1 aliphatic rings. The molecule has 0 aliphatic carbocycles. The zero-order chi connectivity index (χ0) is 21.1. The summed E-state index contributed by atoms with van der Waals surface area (Å²) >= 11 is 9.24. The summed E-state index contributed by atoms with van der Waals surface area (Å²) in [4.78, 5) is 16.8. The lowest BCUT2D eigenvalue weighted by Gasteiger charge is -2.10. The van der Waals surface area contributed by atoms with E-state index in [-0.39, 0.29) is 11.6 Å². The predicted octanol–water partition coefficient (Wildman–Crippen LogP) is 6.74. The molecule has 0 atom stereocenters. The maximum Gasteiger partial charge on any atom is 0.363 e. The van der Waals surface area contributed by atoms with E-state index in [2.05, 4.69) is 59.4 Å². The summed E-state index contributed by atoms with van der Waals surface area (Å²) in [6.07, 6.45) is 1.69. The Hall–Kier alpha value is -1.97. The number of ether oxygens (including phenoxy) is 2. The number of rotatable bonds is 5. The molecular weight excluding hydrogens is 625 g/mol. The normalized spacial score (nSPS) is 14.6. The van der Waals surface area contributed by atoms with Crippen LogP contribution in [0.25, 0.3) is 6.08 Å². The van der Waals surface area contributed by atoms with Crippen molar-refractivity contribution in [1.82, 2.24) is 0 Å². The van der Waals surface area contributed by atoms with Gasteiger partial charge in [0, 0.05) is 29.2 Å². The molecule has 0 radical (unpaired) electrons. The zero-order valence-electron chi connectivity index (χ0n) is 15.4. The highest BCUT2D eigenvalue weighted by molar-refractivity contribution is 14.1. The highest BCUT2D eigenvalue weighted by atomic mass is 127. The van der Waals surface area contributed by atoms with Gasteiger partial charge in [-0.25, -0.2) is 9.79 Å². The van der Waals surface area contributed by atoms with Crippen LogP contribution in [0.3, 0.4) is 0 Å². The van der Waals surface area contributed by atoms with Gasteiger partial charge in [-0.1, -0.05) is 52.3 Å². The Morgan fingerprint density at radius 3 is 2.57 bits per heavy atom. The van der Waals surface area contributed by atoms with Crippen molar-refractivity contribution in [1.29, 1.82) is 0 Å². The summed E-state index contributed by atoms with van der Waals surface area (Å²) in [6.45, 7) is 0.400. The first-order chi connectivity index (χ1) is 14.5. The van der Waals surface area contributed by atoms with Gasteiger partial charge >= 0.3 is 5.97 Å². The second kappa shape index (κ2) is 9.45. The maximum atomic E-state index is 12.4. The number of aliphatic imine (C=N–C) groups is 1. The first-order valence-electron chi connectivity index (χ1n) is 8.94. The van der Waals surface area contributed by atoms with Gasteiger partial charge in [-0.2, -0.15) is 0 Å². The molecule has 4 nitrogen and oxygen atoms in total. The Balaban J connectivity index is 1.60. The largest absolute Gasteiger partial charge is 0.488 e. The average Bonchev–Trinajstić information content (AvgIpc) is 3.11. The molecule has 0 saturated heterocycles. The molecule has 7 heteroatoms. The summed E-state index contributed by atoms with van der Waals surface area (Å²) in [5.41, 5.74) is 2.75. The van der Waals surface area contributed by atoms with Crippen molar-refractivity contribution in [3.63, 3.8) is 0 Å². The topological polar surface area (TPSA) is 47.9 Å². The molecule has 30 heavy (non-hydrogen) atoms. The van der Waals surface area contributed by atoms with Crippen LogP contribution in [0, 0.1) is 3.57 Å². The van der Waals surface area contributed by atoms with Crippen LogP contribution in [0.1, 0.15) is 16.7 Å². The lowest BCUT2D eigenvalue weighted by Crippen LogP contribution is -2.05. The van der Waals surface area contributed by atoms with Gasteiger partial charge in [0.1, 0.15) is 12.4 Å². The van der Waals surface area contributed by atoms with Gasteiger partial charge in [0.2, 0.25) is 5.90 Å². The van der Waals surface area contributed by atoms with Crippen molar-refractivity contribution in [3.05, 3.63) is 102 Å². The quantitative estimate of drug-likeness (QED) is 0.177. The Morgan fingerprint density at radius 2 is 1.77 bits per heavy atom. The minimum Gasteiger partial charge on any atom is -0.488 e. The van der Waals surface area contributed by atoms with Crippen molar-refractivity contribution >= 4 is 72.4 Å². The first-order valence-corrected chi connectivity index (χ1v) is 11.6. The summed E-state index contributed by atoms with van der Waals surface area (Å²) in [7, 11) is 0. The molecule has 0 saturated carbocycles. The van der Waals surface area contributed by atoms with Crippen LogP contribution in [0.5, 0.6) is 5.75 Å². The van der Waals surface area contributed by atoms with Gasteiger partial charge in [-0.15, -0.1) is 0 Å². The van der Waals surface area contributed by atoms with Gasteiger partial charge in [-0.3, -0.25) is 0 Å². The third kappa shape index (κ3) is 4.84. The van der Waals surface area contributed by atoms with Crippen LogP contribution >= 0.6 is 54.5 Å². The molecule has 0 N–H and O–H groups in total. The van der Waals surface area contributed by atoms with E-state index in [1.54, 1.807) is 6.08 Å². The molecule has 0 fully saturated rings. The minimum atomic E-state index is -0.486.